The molecule has 0 aliphatic heterocycles. The second-order valence-electron chi connectivity index (χ2n) is 3.82. The van der Waals surface area contributed by atoms with Crippen molar-refractivity contribution in [3.05, 3.63) is 29.6 Å². The number of halogens is 3. The van der Waals surface area contributed by atoms with Crippen LogP contribution >= 0.6 is 0 Å². The lowest BCUT2D eigenvalue weighted by atomic mass is 9.77. The molecule has 15 heavy (non-hydrogen) atoms. The van der Waals surface area contributed by atoms with E-state index in [-0.39, 0.29) is 0 Å². The summed E-state index contributed by atoms with van der Waals surface area (Å²) in [5.41, 5.74) is -1.44. The molecule has 1 fully saturated rings. The van der Waals surface area contributed by atoms with Gasteiger partial charge in [-0.25, -0.2) is 0 Å². The molecule has 1 aliphatic rings. The lowest BCUT2D eigenvalue weighted by molar-refractivity contribution is -0.138. The van der Waals surface area contributed by atoms with Gasteiger partial charge < -0.3 is 5.11 Å². The molecule has 1 heterocycles. The van der Waals surface area contributed by atoms with Crippen LogP contribution < -0.4 is 0 Å². The van der Waals surface area contributed by atoms with Crippen molar-refractivity contribution in [2.24, 2.45) is 0 Å². The number of rotatable bonds is 1. The first kappa shape index (κ1) is 10.4. The highest BCUT2D eigenvalue weighted by Crippen LogP contribution is 2.40. The highest BCUT2D eigenvalue weighted by atomic mass is 19.4. The van der Waals surface area contributed by atoms with Gasteiger partial charge >= 0.3 is 6.18 Å². The largest absolute Gasteiger partial charge is 0.417 e. The van der Waals surface area contributed by atoms with Crippen LogP contribution in [0.5, 0.6) is 0 Å². The van der Waals surface area contributed by atoms with Gasteiger partial charge in [0.1, 0.15) is 5.60 Å². The summed E-state index contributed by atoms with van der Waals surface area (Å²) in [6.07, 6.45) is -1.56. The maximum atomic E-state index is 12.2. The fourth-order valence-corrected chi connectivity index (χ4v) is 1.60. The highest BCUT2D eigenvalue weighted by molar-refractivity contribution is 5.22. The van der Waals surface area contributed by atoms with Crippen LogP contribution in [0.25, 0.3) is 0 Å². The third kappa shape index (κ3) is 1.84. The third-order valence-electron chi connectivity index (χ3n) is 2.75. The van der Waals surface area contributed by atoms with Gasteiger partial charge in [-0.3, -0.25) is 4.98 Å². The number of hydrogen-bond acceptors (Lipinski definition) is 2. The molecule has 82 valence electrons. The van der Waals surface area contributed by atoms with E-state index < -0.39 is 17.3 Å². The van der Waals surface area contributed by atoms with Crippen molar-refractivity contribution < 1.29 is 18.3 Å². The van der Waals surface area contributed by atoms with Crippen LogP contribution in [0.2, 0.25) is 0 Å². The van der Waals surface area contributed by atoms with Crippen molar-refractivity contribution in [2.75, 3.05) is 0 Å². The lowest BCUT2D eigenvalue weighted by Crippen LogP contribution is -2.34. The number of aliphatic hydroxyl groups is 1. The van der Waals surface area contributed by atoms with E-state index in [0.29, 0.717) is 18.5 Å². The minimum absolute atomic E-state index is 0.335. The second-order valence-corrected chi connectivity index (χ2v) is 3.82. The van der Waals surface area contributed by atoms with E-state index in [1.54, 1.807) is 0 Å². The van der Waals surface area contributed by atoms with E-state index in [2.05, 4.69) is 4.98 Å². The molecule has 0 atom stereocenters. The van der Waals surface area contributed by atoms with Crippen LogP contribution in [0.4, 0.5) is 13.2 Å². The van der Waals surface area contributed by atoms with Gasteiger partial charge in [0.15, 0.2) is 0 Å². The van der Waals surface area contributed by atoms with Gasteiger partial charge in [0.05, 0.1) is 11.3 Å². The quantitative estimate of drug-likeness (QED) is 0.783. The Kier molecular flexibility index (Phi) is 2.22. The Morgan fingerprint density at radius 2 is 1.93 bits per heavy atom. The standard InChI is InChI=1S/C10H10F3NO/c11-10(12,13)7-2-3-8(14-6-7)9(15)4-1-5-9/h2-3,6,15H,1,4-5H2. The van der Waals surface area contributed by atoms with Gasteiger partial charge in [-0.2, -0.15) is 13.2 Å². The van der Waals surface area contributed by atoms with Gasteiger partial charge in [0.25, 0.3) is 0 Å². The molecule has 0 unspecified atom stereocenters. The average Bonchev–Trinajstić information content (AvgIpc) is 2.13. The average molecular weight is 217 g/mol. The molecule has 1 aromatic rings. The molecule has 0 spiro atoms. The molecular formula is C10H10F3NO. The number of hydrogen-bond donors (Lipinski definition) is 1. The highest BCUT2D eigenvalue weighted by Gasteiger charge is 2.38. The van der Waals surface area contributed by atoms with Crippen molar-refractivity contribution in [2.45, 2.75) is 31.0 Å². The van der Waals surface area contributed by atoms with Gasteiger partial charge in [-0.1, -0.05) is 0 Å². The first-order valence-corrected chi connectivity index (χ1v) is 4.68. The monoisotopic (exact) mass is 217 g/mol. The zero-order chi connectivity index (χ0) is 11.1. The van der Waals surface area contributed by atoms with Crippen molar-refractivity contribution in [1.29, 1.82) is 0 Å². The summed E-state index contributed by atoms with van der Waals surface area (Å²) < 4.78 is 36.6. The van der Waals surface area contributed by atoms with Gasteiger partial charge in [0, 0.05) is 6.20 Å². The maximum absolute atomic E-state index is 12.2. The van der Waals surface area contributed by atoms with Crippen LogP contribution in [0, 0.1) is 0 Å². The summed E-state index contributed by atoms with van der Waals surface area (Å²) in [4.78, 5) is 3.67. The molecule has 0 amide bonds. The molecule has 0 aromatic carbocycles. The second kappa shape index (κ2) is 3.20. The van der Waals surface area contributed by atoms with Crippen molar-refractivity contribution in [3.63, 3.8) is 0 Å². The number of aromatic nitrogens is 1. The summed E-state index contributed by atoms with van der Waals surface area (Å²) in [6, 6.07) is 2.21. The van der Waals surface area contributed by atoms with Crippen molar-refractivity contribution in [1.82, 2.24) is 4.98 Å². The smallest absolute Gasteiger partial charge is 0.384 e. The predicted molar refractivity (Wildman–Crippen MR) is 47.0 cm³/mol. The van der Waals surface area contributed by atoms with E-state index in [9.17, 15) is 18.3 Å². The number of nitrogens with zero attached hydrogens (tertiary/aromatic N) is 1. The zero-order valence-electron chi connectivity index (χ0n) is 7.88. The van der Waals surface area contributed by atoms with Crippen LogP contribution in [-0.4, -0.2) is 10.1 Å². The Hall–Kier alpha value is -1.10. The molecule has 0 bridgehead atoms. The van der Waals surface area contributed by atoms with Crippen LogP contribution in [-0.2, 0) is 11.8 Å². The Morgan fingerprint density at radius 3 is 2.27 bits per heavy atom. The molecule has 2 nitrogen and oxygen atoms in total. The Bertz CT molecular complexity index is 354. The minimum atomic E-state index is -4.37. The van der Waals surface area contributed by atoms with Gasteiger partial charge in [0.2, 0.25) is 0 Å². The van der Waals surface area contributed by atoms with E-state index in [1.165, 1.54) is 6.07 Å². The molecule has 1 N–H and O–H groups in total. The van der Waals surface area contributed by atoms with E-state index >= 15 is 0 Å². The summed E-state index contributed by atoms with van der Waals surface area (Å²) in [6.45, 7) is 0. The molecule has 2 rings (SSSR count). The van der Waals surface area contributed by atoms with E-state index in [4.69, 9.17) is 0 Å². The summed E-state index contributed by atoms with van der Waals surface area (Å²) >= 11 is 0. The Labute approximate surface area is 84.8 Å². The predicted octanol–water partition coefficient (Wildman–Crippen LogP) is 2.47. The Balaban J connectivity index is 2.24. The van der Waals surface area contributed by atoms with E-state index in [0.717, 1.165) is 18.7 Å². The van der Waals surface area contributed by atoms with Gasteiger partial charge in [-0.05, 0) is 31.4 Å². The fourth-order valence-electron chi connectivity index (χ4n) is 1.60. The molecule has 0 radical (unpaired) electrons. The molecule has 1 saturated carbocycles. The summed E-state index contributed by atoms with van der Waals surface area (Å²) in [5, 5.41) is 9.83. The number of alkyl halides is 3. The topological polar surface area (TPSA) is 33.1 Å². The van der Waals surface area contributed by atoms with Crippen LogP contribution in [0.3, 0.4) is 0 Å². The first-order valence-electron chi connectivity index (χ1n) is 4.68. The fraction of sp³-hybridized carbons (Fsp3) is 0.500. The maximum Gasteiger partial charge on any atom is 0.417 e. The SMILES string of the molecule is OC1(c2ccc(C(F)(F)F)cn2)CCC1. The molecule has 5 heteroatoms. The minimum Gasteiger partial charge on any atom is -0.384 e. The van der Waals surface area contributed by atoms with Crippen molar-refractivity contribution in [3.8, 4) is 0 Å². The van der Waals surface area contributed by atoms with Crippen LogP contribution in [0.15, 0.2) is 18.3 Å². The van der Waals surface area contributed by atoms with Gasteiger partial charge in [-0.15, -0.1) is 0 Å². The molecular weight excluding hydrogens is 207 g/mol. The Morgan fingerprint density at radius 1 is 1.27 bits per heavy atom. The number of pyridine rings is 1. The molecule has 0 saturated heterocycles. The van der Waals surface area contributed by atoms with Crippen molar-refractivity contribution >= 4 is 0 Å². The normalized spacial score (nSPS) is 19.7. The lowest BCUT2D eigenvalue weighted by Gasteiger charge is -2.35. The molecule has 1 aromatic heterocycles. The first-order chi connectivity index (χ1) is 6.92. The van der Waals surface area contributed by atoms with E-state index in [1.807, 2.05) is 0 Å². The summed E-state index contributed by atoms with van der Waals surface area (Å²) in [5.74, 6) is 0. The zero-order valence-corrected chi connectivity index (χ0v) is 7.88. The van der Waals surface area contributed by atoms with Crippen LogP contribution in [0.1, 0.15) is 30.5 Å². The molecule has 1 aliphatic carbocycles. The third-order valence-corrected chi connectivity index (χ3v) is 2.75. The summed E-state index contributed by atoms with van der Waals surface area (Å²) in [7, 11) is 0.